The molecule has 1 aliphatic carbocycles. The van der Waals surface area contributed by atoms with Crippen LogP contribution in [0.2, 0.25) is 0 Å². The molecule has 1 heterocycles. The van der Waals surface area contributed by atoms with Crippen LogP contribution in [0.5, 0.6) is 0 Å². The molecule has 0 N–H and O–H groups in total. The van der Waals surface area contributed by atoms with Crippen molar-refractivity contribution >= 4 is 0 Å². The lowest BCUT2D eigenvalue weighted by Gasteiger charge is -2.53. The van der Waals surface area contributed by atoms with Crippen LogP contribution < -0.4 is 0 Å². The number of hydrogen-bond donors (Lipinski definition) is 0. The van der Waals surface area contributed by atoms with Gasteiger partial charge in [-0.25, -0.2) is 0 Å². The predicted molar refractivity (Wildman–Crippen MR) is 55.9 cm³/mol. The largest absolute Gasteiger partial charge is 0.355 e. The molecule has 1 aliphatic heterocycles. The van der Waals surface area contributed by atoms with Gasteiger partial charge in [0.05, 0.1) is 13.2 Å². The summed E-state index contributed by atoms with van der Waals surface area (Å²) in [5.74, 6) is 0.548. The third kappa shape index (κ3) is 1.32. The lowest BCUT2D eigenvalue weighted by molar-refractivity contribution is -0.212. The van der Waals surface area contributed by atoms with E-state index in [1.165, 1.54) is 0 Å². The fourth-order valence-corrected chi connectivity index (χ4v) is 2.77. The van der Waals surface area contributed by atoms with Gasteiger partial charge < -0.3 is 9.47 Å². The van der Waals surface area contributed by atoms with Crippen LogP contribution in [0, 0.1) is 16.7 Å². The molecule has 80 valence electrons. The first-order chi connectivity index (χ1) is 6.58. The molecule has 14 heavy (non-hydrogen) atoms. The molecule has 2 heteroatoms. The Kier molecular flexibility index (Phi) is 2.44. The topological polar surface area (TPSA) is 18.5 Å². The van der Waals surface area contributed by atoms with Gasteiger partial charge in [-0.2, -0.15) is 0 Å². The Bertz CT molecular complexity index is 237. The highest BCUT2D eigenvalue weighted by Crippen LogP contribution is 2.52. The molecule has 1 atom stereocenters. The molecule has 2 rings (SSSR count). The molecule has 0 saturated carbocycles. The van der Waals surface area contributed by atoms with Crippen LogP contribution in [-0.2, 0) is 9.47 Å². The van der Waals surface area contributed by atoms with E-state index in [1.54, 1.807) is 0 Å². The molecule has 1 fully saturated rings. The average Bonchev–Trinajstić information content (AvgIpc) is 2.16. The van der Waals surface area contributed by atoms with Crippen LogP contribution >= 0.6 is 0 Å². The molecule has 2 aliphatic rings. The minimum absolute atomic E-state index is 0.181. The zero-order valence-electron chi connectivity index (χ0n) is 9.38. The summed E-state index contributed by atoms with van der Waals surface area (Å²) < 4.78 is 11.0. The summed E-state index contributed by atoms with van der Waals surface area (Å²) in [4.78, 5) is 0. The summed E-state index contributed by atoms with van der Waals surface area (Å²) in [6.45, 7) is 9.07. The Balaban J connectivity index is 2.31. The number of ether oxygens (including phenoxy) is 2. The van der Waals surface area contributed by atoms with E-state index in [9.17, 15) is 0 Å². The molecule has 0 aromatic heterocycles. The number of rotatable bonds is 0. The van der Waals surface area contributed by atoms with Crippen LogP contribution in [0.25, 0.3) is 0 Å². The SMILES string of the molecule is CC1C=CCC(C)(C)C12COCOC2. The second kappa shape index (κ2) is 3.35. The standard InChI is InChI=1S/C12H20O2/c1-10-5-4-6-11(2,3)12(10)7-13-9-14-8-12/h4-5,10H,6-9H2,1-3H3. The Labute approximate surface area is 86.3 Å². The highest BCUT2D eigenvalue weighted by molar-refractivity contribution is 5.11. The van der Waals surface area contributed by atoms with Crippen molar-refractivity contribution in [3.63, 3.8) is 0 Å². The van der Waals surface area contributed by atoms with Crippen molar-refractivity contribution in [2.75, 3.05) is 20.0 Å². The zero-order chi connectivity index (χ0) is 10.2. The molecular weight excluding hydrogens is 176 g/mol. The molecule has 1 saturated heterocycles. The van der Waals surface area contributed by atoms with Crippen molar-refractivity contribution in [1.29, 1.82) is 0 Å². The minimum atomic E-state index is 0.181. The third-order valence-electron chi connectivity index (χ3n) is 4.16. The number of allylic oxidation sites excluding steroid dienone is 2. The van der Waals surface area contributed by atoms with Gasteiger partial charge in [0.25, 0.3) is 0 Å². The van der Waals surface area contributed by atoms with Gasteiger partial charge in [0.15, 0.2) is 0 Å². The molecule has 1 unspecified atom stereocenters. The molecular formula is C12H20O2. The van der Waals surface area contributed by atoms with E-state index < -0.39 is 0 Å². The molecule has 0 amide bonds. The summed E-state index contributed by atoms with van der Waals surface area (Å²) >= 11 is 0. The van der Waals surface area contributed by atoms with E-state index in [0.29, 0.717) is 12.7 Å². The summed E-state index contributed by atoms with van der Waals surface area (Å²) in [5, 5.41) is 0. The van der Waals surface area contributed by atoms with E-state index >= 15 is 0 Å². The Morgan fingerprint density at radius 3 is 2.43 bits per heavy atom. The fraction of sp³-hybridized carbons (Fsp3) is 0.833. The van der Waals surface area contributed by atoms with Crippen LogP contribution in [-0.4, -0.2) is 20.0 Å². The van der Waals surface area contributed by atoms with Gasteiger partial charge in [0, 0.05) is 5.41 Å². The summed E-state index contributed by atoms with van der Waals surface area (Å²) in [7, 11) is 0. The van der Waals surface area contributed by atoms with Gasteiger partial charge in [0.2, 0.25) is 0 Å². The van der Waals surface area contributed by atoms with Gasteiger partial charge in [-0.3, -0.25) is 0 Å². The van der Waals surface area contributed by atoms with Crippen molar-refractivity contribution in [3.8, 4) is 0 Å². The second-order valence-corrected chi connectivity index (χ2v) is 5.28. The van der Waals surface area contributed by atoms with Crippen molar-refractivity contribution in [2.45, 2.75) is 27.2 Å². The van der Waals surface area contributed by atoms with E-state index in [4.69, 9.17) is 9.47 Å². The van der Waals surface area contributed by atoms with Crippen LogP contribution in [0.3, 0.4) is 0 Å². The van der Waals surface area contributed by atoms with Crippen molar-refractivity contribution in [2.24, 2.45) is 16.7 Å². The Morgan fingerprint density at radius 1 is 1.21 bits per heavy atom. The van der Waals surface area contributed by atoms with E-state index in [0.717, 1.165) is 19.6 Å². The Morgan fingerprint density at radius 2 is 1.86 bits per heavy atom. The first-order valence-corrected chi connectivity index (χ1v) is 5.41. The van der Waals surface area contributed by atoms with E-state index in [-0.39, 0.29) is 10.8 Å². The minimum Gasteiger partial charge on any atom is -0.355 e. The maximum Gasteiger partial charge on any atom is 0.146 e. The quantitative estimate of drug-likeness (QED) is 0.554. The molecule has 0 radical (unpaired) electrons. The Hall–Kier alpha value is -0.340. The highest BCUT2D eigenvalue weighted by atomic mass is 16.7. The molecule has 2 nitrogen and oxygen atoms in total. The normalized spacial score (nSPS) is 34.6. The lowest BCUT2D eigenvalue weighted by atomic mass is 9.56. The van der Waals surface area contributed by atoms with Crippen molar-refractivity contribution in [3.05, 3.63) is 12.2 Å². The average molecular weight is 196 g/mol. The van der Waals surface area contributed by atoms with Crippen LogP contribution in [0.1, 0.15) is 27.2 Å². The molecule has 0 aromatic carbocycles. The predicted octanol–water partition coefficient (Wildman–Crippen LogP) is 2.60. The lowest BCUT2D eigenvalue weighted by Crippen LogP contribution is -2.53. The van der Waals surface area contributed by atoms with Gasteiger partial charge in [-0.15, -0.1) is 0 Å². The fourth-order valence-electron chi connectivity index (χ4n) is 2.77. The first-order valence-electron chi connectivity index (χ1n) is 5.41. The molecule has 1 spiro atoms. The number of hydrogen-bond acceptors (Lipinski definition) is 2. The monoisotopic (exact) mass is 196 g/mol. The molecule has 0 bridgehead atoms. The smallest absolute Gasteiger partial charge is 0.146 e. The van der Waals surface area contributed by atoms with Gasteiger partial charge in [-0.1, -0.05) is 32.9 Å². The highest BCUT2D eigenvalue weighted by Gasteiger charge is 2.50. The summed E-state index contributed by atoms with van der Waals surface area (Å²) in [5.41, 5.74) is 0.460. The van der Waals surface area contributed by atoms with Crippen LogP contribution in [0.15, 0.2) is 12.2 Å². The van der Waals surface area contributed by atoms with Gasteiger partial charge >= 0.3 is 0 Å². The van der Waals surface area contributed by atoms with Crippen molar-refractivity contribution < 1.29 is 9.47 Å². The van der Waals surface area contributed by atoms with Gasteiger partial charge in [-0.05, 0) is 17.8 Å². The van der Waals surface area contributed by atoms with E-state index in [2.05, 4.69) is 32.9 Å². The summed E-state index contributed by atoms with van der Waals surface area (Å²) in [6.07, 6.45) is 5.73. The maximum atomic E-state index is 5.51. The second-order valence-electron chi connectivity index (χ2n) is 5.28. The van der Waals surface area contributed by atoms with Crippen LogP contribution in [0.4, 0.5) is 0 Å². The third-order valence-corrected chi connectivity index (χ3v) is 4.16. The van der Waals surface area contributed by atoms with Gasteiger partial charge in [0.1, 0.15) is 6.79 Å². The summed E-state index contributed by atoms with van der Waals surface area (Å²) in [6, 6.07) is 0. The first kappa shape index (κ1) is 10.2. The zero-order valence-corrected chi connectivity index (χ0v) is 9.38. The molecule has 0 aromatic rings. The van der Waals surface area contributed by atoms with E-state index in [1.807, 2.05) is 0 Å². The maximum absolute atomic E-state index is 5.51. The van der Waals surface area contributed by atoms with Crippen molar-refractivity contribution in [1.82, 2.24) is 0 Å².